The number of hydrogen-bond acceptors (Lipinski definition) is 2. The van der Waals surface area contributed by atoms with Crippen LogP contribution in [0.1, 0.15) is 0 Å². The molecule has 0 radical (unpaired) electrons. The Morgan fingerprint density at radius 2 is 1.00 bits per heavy atom. The molecule has 0 aliphatic carbocycles. The lowest BCUT2D eigenvalue weighted by Gasteiger charge is -2.14. The van der Waals surface area contributed by atoms with Crippen LogP contribution in [0.15, 0.2) is 149 Å². The Kier molecular flexibility index (Phi) is 4.98. The van der Waals surface area contributed by atoms with Gasteiger partial charge in [-0.15, -0.1) is 0 Å². The predicted octanol–water partition coefficient (Wildman–Crippen LogP) is 9.38. The van der Waals surface area contributed by atoms with Crippen LogP contribution < -0.4 is 5.63 Å². The highest BCUT2D eigenvalue weighted by molar-refractivity contribution is 6.16. The lowest BCUT2D eigenvalue weighted by molar-refractivity contribution is 0.570. The highest BCUT2D eigenvalue weighted by Gasteiger charge is 2.17. The van der Waals surface area contributed by atoms with Gasteiger partial charge in [0.1, 0.15) is 5.58 Å². The van der Waals surface area contributed by atoms with E-state index in [2.05, 4.69) is 102 Å². The predicted molar refractivity (Wildman–Crippen MR) is 165 cm³/mol. The van der Waals surface area contributed by atoms with Gasteiger partial charge in [0, 0.05) is 21.8 Å². The third-order valence-electron chi connectivity index (χ3n) is 7.80. The van der Waals surface area contributed by atoms with Gasteiger partial charge >= 0.3 is 5.63 Å². The van der Waals surface area contributed by atoms with Crippen molar-refractivity contribution < 1.29 is 4.42 Å². The van der Waals surface area contributed by atoms with Crippen molar-refractivity contribution in [3.63, 3.8) is 0 Å². The lowest BCUT2D eigenvalue weighted by Crippen LogP contribution is -2.00. The Labute approximate surface area is 230 Å². The molecule has 0 atom stereocenters. The van der Waals surface area contributed by atoms with Gasteiger partial charge < -0.3 is 8.98 Å². The van der Waals surface area contributed by atoms with Crippen LogP contribution >= 0.6 is 0 Å². The molecule has 6 aromatic carbocycles. The van der Waals surface area contributed by atoms with Crippen molar-refractivity contribution in [1.82, 2.24) is 4.57 Å². The van der Waals surface area contributed by atoms with E-state index in [1.54, 1.807) is 0 Å². The van der Waals surface area contributed by atoms with Crippen molar-refractivity contribution in [2.75, 3.05) is 0 Å². The zero-order chi connectivity index (χ0) is 26.6. The fourth-order valence-corrected chi connectivity index (χ4v) is 5.95. The first-order chi connectivity index (χ1) is 19.7. The number of fused-ring (bicyclic) bond motifs is 6. The van der Waals surface area contributed by atoms with E-state index in [1.807, 2.05) is 42.5 Å². The van der Waals surface area contributed by atoms with Crippen molar-refractivity contribution in [2.45, 2.75) is 0 Å². The molecule has 3 nitrogen and oxygen atoms in total. The summed E-state index contributed by atoms with van der Waals surface area (Å²) in [5.74, 6) is 0. The molecule has 8 aromatic rings. The molecule has 8 rings (SSSR count). The summed E-state index contributed by atoms with van der Waals surface area (Å²) < 4.78 is 8.17. The van der Waals surface area contributed by atoms with Crippen LogP contribution in [0.2, 0.25) is 0 Å². The average Bonchev–Trinajstić information content (AvgIpc) is 3.34. The van der Waals surface area contributed by atoms with Gasteiger partial charge in [0.15, 0.2) is 0 Å². The minimum absolute atomic E-state index is 0.311. The molecule has 0 unspecified atom stereocenters. The van der Waals surface area contributed by atoms with Crippen LogP contribution in [0, 0.1) is 0 Å². The van der Waals surface area contributed by atoms with Crippen LogP contribution in [-0.2, 0) is 0 Å². The van der Waals surface area contributed by atoms with E-state index in [0.717, 1.165) is 49.4 Å². The van der Waals surface area contributed by atoms with Crippen molar-refractivity contribution in [1.29, 1.82) is 0 Å². The molecule has 0 aliphatic rings. The van der Waals surface area contributed by atoms with E-state index < -0.39 is 0 Å². The first kappa shape index (κ1) is 22.6. The Bertz CT molecular complexity index is 2220. The maximum atomic E-state index is 12.8. The van der Waals surface area contributed by atoms with Gasteiger partial charge in [-0.25, -0.2) is 4.79 Å². The minimum atomic E-state index is -0.311. The van der Waals surface area contributed by atoms with E-state index >= 15 is 0 Å². The van der Waals surface area contributed by atoms with E-state index in [1.165, 1.54) is 11.1 Å². The van der Waals surface area contributed by atoms with E-state index in [-0.39, 0.29) is 5.63 Å². The molecule has 0 saturated heterocycles. The zero-order valence-corrected chi connectivity index (χ0v) is 21.5. The topological polar surface area (TPSA) is 35.1 Å². The molecule has 0 N–H and O–H groups in total. The Morgan fingerprint density at radius 1 is 0.425 bits per heavy atom. The molecular weight excluding hydrogens is 490 g/mol. The molecule has 3 heteroatoms. The third-order valence-corrected chi connectivity index (χ3v) is 7.80. The van der Waals surface area contributed by atoms with Crippen LogP contribution in [-0.4, -0.2) is 4.57 Å². The summed E-state index contributed by atoms with van der Waals surface area (Å²) in [5, 5.41) is 4.58. The number of aromatic nitrogens is 1. The summed E-state index contributed by atoms with van der Waals surface area (Å²) in [6.07, 6.45) is 0. The quantitative estimate of drug-likeness (QED) is 0.174. The smallest absolute Gasteiger partial charge is 0.344 e. The fraction of sp³-hybridized carbons (Fsp3) is 0. The maximum Gasteiger partial charge on any atom is 0.344 e. The molecule has 0 bridgehead atoms. The molecule has 2 aromatic heterocycles. The van der Waals surface area contributed by atoms with E-state index in [9.17, 15) is 4.79 Å². The van der Waals surface area contributed by atoms with Crippen LogP contribution in [0.4, 0.5) is 0 Å². The van der Waals surface area contributed by atoms with E-state index in [0.29, 0.717) is 11.0 Å². The fourth-order valence-electron chi connectivity index (χ4n) is 5.95. The molecular formula is C37H23NO2. The first-order valence-electron chi connectivity index (χ1n) is 13.4. The summed E-state index contributed by atoms with van der Waals surface area (Å²) in [6, 6.07) is 48.1. The van der Waals surface area contributed by atoms with Crippen molar-refractivity contribution in [2.24, 2.45) is 0 Å². The van der Waals surface area contributed by atoms with Gasteiger partial charge in [-0.3, -0.25) is 0 Å². The van der Waals surface area contributed by atoms with Crippen LogP contribution in [0.25, 0.3) is 71.5 Å². The number of hydrogen-bond donors (Lipinski definition) is 0. The third kappa shape index (κ3) is 3.49. The van der Waals surface area contributed by atoms with Gasteiger partial charge in [-0.05, 0) is 70.1 Å². The second-order valence-corrected chi connectivity index (χ2v) is 10.2. The van der Waals surface area contributed by atoms with Gasteiger partial charge in [0.2, 0.25) is 0 Å². The summed E-state index contributed by atoms with van der Waals surface area (Å²) in [6.45, 7) is 0. The summed E-state index contributed by atoms with van der Waals surface area (Å²) >= 11 is 0. The normalized spacial score (nSPS) is 11.6. The zero-order valence-electron chi connectivity index (χ0n) is 21.5. The van der Waals surface area contributed by atoms with Gasteiger partial charge in [0.25, 0.3) is 0 Å². The van der Waals surface area contributed by atoms with Gasteiger partial charge in [0.05, 0.1) is 16.4 Å². The first-order valence-corrected chi connectivity index (χ1v) is 13.4. The second kappa shape index (κ2) is 8.82. The number of rotatable bonds is 3. The van der Waals surface area contributed by atoms with E-state index in [4.69, 9.17) is 4.42 Å². The van der Waals surface area contributed by atoms with Gasteiger partial charge in [-0.1, -0.05) is 97.1 Å². The highest BCUT2D eigenvalue weighted by Crippen LogP contribution is 2.38. The lowest BCUT2D eigenvalue weighted by atomic mass is 9.98. The maximum absolute atomic E-state index is 12.8. The molecule has 0 amide bonds. The summed E-state index contributed by atoms with van der Waals surface area (Å²) in [5.41, 5.74) is 8.17. The Hall–Kier alpha value is -5.41. The summed E-state index contributed by atoms with van der Waals surface area (Å²) in [4.78, 5) is 12.8. The molecule has 2 heterocycles. The van der Waals surface area contributed by atoms with Crippen molar-refractivity contribution in [3.8, 4) is 27.9 Å². The van der Waals surface area contributed by atoms with Gasteiger partial charge in [-0.2, -0.15) is 0 Å². The molecule has 0 saturated carbocycles. The van der Waals surface area contributed by atoms with Crippen LogP contribution in [0.3, 0.4) is 0 Å². The minimum Gasteiger partial charge on any atom is -0.422 e. The Balaban J connectivity index is 1.51. The number of para-hydroxylation sites is 1. The second-order valence-electron chi connectivity index (χ2n) is 10.2. The van der Waals surface area contributed by atoms with Crippen LogP contribution in [0.5, 0.6) is 0 Å². The molecule has 0 spiro atoms. The molecule has 188 valence electrons. The molecule has 0 fully saturated rings. The van der Waals surface area contributed by atoms with Crippen molar-refractivity contribution >= 4 is 43.5 Å². The average molecular weight is 514 g/mol. The van der Waals surface area contributed by atoms with Crippen molar-refractivity contribution in [3.05, 3.63) is 150 Å². The standard InChI is InChI=1S/C37H23NO2/c39-37-31-17-8-7-15-29(31)33-22-35-32(23-36(33)40-37)30-16-9-10-18-34(30)38(35)28-20-26(24-11-3-1-4-12-24)19-27(21-28)25-13-5-2-6-14-25/h1-23H. The summed E-state index contributed by atoms with van der Waals surface area (Å²) in [7, 11) is 0. The number of nitrogens with zero attached hydrogens (tertiary/aromatic N) is 1. The highest BCUT2D eigenvalue weighted by atomic mass is 16.4. The Morgan fingerprint density at radius 3 is 1.68 bits per heavy atom. The molecule has 40 heavy (non-hydrogen) atoms. The monoisotopic (exact) mass is 513 g/mol. The number of benzene rings is 6. The molecule has 0 aliphatic heterocycles. The largest absolute Gasteiger partial charge is 0.422 e. The SMILES string of the molecule is O=c1oc2cc3c4ccccc4n(-c4cc(-c5ccccc5)cc(-c5ccccc5)c4)c3cc2c2ccccc12.